The van der Waals surface area contributed by atoms with E-state index in [2.05, 4.69) is 17.8 Å². The van der Waals surface area contributed by atoms with Crippen molar-refractivity contribution in [2.75, 3.05) is 14.2 Å². The molecule has 32 heavy (non-hydrogen) atoms. The van der Waals surface area contributed by atoms with E-state index in [0.717, 1.165) is 40.3 Å². The molecular formula is C26H28N2O4. The molecule has 0 fully saturated rings. The Morgan fingerprint density at radius 3 is 2.19 bits per heavy atom. The number of amides is 2. The van der Waals surface area contributed by atoms with Crippen LogP contribution >= 0.6 is 0 Å². The first-order chi connectivity index (χ1) is 15.6. The van der Waals surface area contributed by atoms with E-state index in [0.29, 0.717) is 5.56 Å². The van der Waals surface area contributed by atoms with Crippen LogP contribution in [0.4, 0.5) is 0 Å². The third-order valence-corrected chi connectivity index (χ3v) is 5.15. The van der Waals surface area contributed by atoms with E-state index < -0.39 is 12.2 Å². The van der Waals surface area contributed by atoms with Gasteiger partial charge in [-0.15, -0.1) is 0 Å². The molecule has 0 aliphatic carbocycles. The number of hydrazine groups is 1. The highest BCUT2D eigenvalue weighted by Gasteiger charge is 2.17. The van der Waals surface area contributed by atoms with Gasteiger partial charge in [0.25, 0.3) is 11.8 Å². The molecule has 0 atom stereocenters. The fourth-order valence-electron chi connectivity index (χ4n) is 3.68. The van der Waals surface area contributed by atoms with Crippen LogP contribution in [0.5, 0.6) is 0 Å². The highest BCUT2D eigenvalue weighted by molar-refractivity contribution is 6.08. The van der Waals surface area contributed by atoms with Crippen LogP contribution in [-0.4, -0.2) is 26.0 Å². The van der Waals surface area contributed by atoms with Crippen LogP contribution in [0.3, 0.4) is 0 Å². The van der Waals surface area contributed by atoms with Gasteiger partial charge >= 0.3 is 0 Å². The molecule has 0 saturated carbocycles. The van der Waals surface area contributed by atoms with E-state index in [1.165, 1.54) is 6.08 Å². The predicted molar refractivity (Wildman–Crippen MR) is 126 cm³/mol. The van der Waals surface area contributed by atoms with Gasteiger partial charge in [-0.05, 0) is 34.4 Å². The van der Waals surface area contributed by atoms with Crippen molar-refractivity contribution >= 4 is 28.2 Å². The molecule has 0 spiro atoms. The Morgan fingerprint density at radius 2 is 1.53 bits per heavy atom. The lowest BCUT2D eigenvalue weighted by atomic mass is 9.98. The van der Waals surface area contributed by atoms with Crippen molar-refractivity contribution in [2.45, 2.75) is 26.1 Å². The maximum absolute atomic E-state index is 12.9. The van der Waals surface area contributed by atoms with Crippen molar-refractivity contribution < 1.29 is 19.1 Å². The number of carbonyl (C=O) groups excluding carboxylic acids is 2. The number of carbonyl (C=O) groups is 2. The fraction of sp³-hybridized carbons (Fsp3) is 0.231. The summed E-state index contributed by atoms with van der Waals surface area (Å²) in [6, 6.07) is 20.7. The zero-order valence-electron chi connectivity index (χ0n) is 18.6. The summed E-state index contributed by atoms with van der Waals surface area (Å²) in [5.74, 6) is -0.789. The van der Waals surface area contributed by atoms with Crippen LogP contribution in [0, 0.1) is 0 Å². The summed E-state index contributed by atoms with van der Waals surface area (Å²) in [6.45, 7) is 2.06. The molecule has 3 aromatic carbocycles. The van der Waals surface area contributed by atoms with Gasteiger partial charge in [-0.25, -0.2) is 0 Å². The van der Waals surface area contributed by atoms with Crippen LogP contribution in [-0.2, 0) is 14.3 Å². The first-order valence-corrected chi connectivity index (χ1v) is 10.5. The molecule has 2 amide bonds. The Labute approximate surface area is 188 Å². The van der Waals surface area contributed by atoms with E-state index in [1.807, 2.05) is 54.6 Å². The summed E-state index contributed by atoms with van der Waals surface area (Å²) >= 11 is 0. The van der Waals surface area contributed by atoms with Crippen LogP contribution < -0.4 is 10.9 Å². The number of allylic oxidation sites excluding steroid dienone is 1. The largest absolute Gasteiger partial charge is 0.352 e. The van der Waals surface area contributed by atoms with Gasteiger partial charge in [0.15, 0.2) is 6.29 Å². The Balaban J connectivity index is 1.79. The summed E-state index contributed by atoms with van der Waals surface area (Å²) in [7, 11) is 3.13. The molecule has 166 valence electrons. The van der Waals surface area contributed by atoms with E-state index >= 15 is 0 Å². The molecule has 0 aromatic heterocycles. The highest BCUT2D eigenvalue weighted by Crippen LogP contribution is 2.29. The molecule has 0 bridgehead atoms. The zero-order valence-corrected chi connectivity index (χ0v) is 18.6. The SMILES string of the molecule is CCC/C(=C\C(=O)NNC(=O)c1ccc(C(OC)OC)c2ccccc12)c1ccccc1. The quantitative estimate of drug-likeness (QED) is 0.305. The fourth-order valence-corrected chi connectivity index (χ4v) is 3.68. The van der Waals surface area contributed by atoms with Gasteiger partial charge in [-0.1, -0.05) is 74.0 Å². The first kappa shape index (κ1) is 23.2. The number of fused-ring (bicyclic) bond motifs is 1. The Kier molecular flexibility index (Phi) is 8.14. The second kappa shape index (κ2) is 11.2. The van der Waals surface area contributed by atoms with Crippen LogP contribution in [0.25, 0.3) is 16.3 Å². The summed E-state index contributed by atoms with van der Waals surface area (Å²) in [5.41, 5.74) is 8.19. The zero-order chi connectivity index (χ0) is 22.9. The van der Waals surface area contributed by atoms with Crippen molar-refractivity contribution in [3.8, 4) is 0 Å². The molecule has 6 heteroatoms. The van der Waals surface area contributed by atoms with Crippen molar-refractivity contribution in [2.24, 2.45) is 0 Å². The lowest BCUT2D eigenvalue weighted by Crippen LogP contribution is -2.41. The molecule has 3 aromatic rings. The van der Waals surface area contributed by atoms with E-state index in [9.17, 15) is 9.59 Å². The second-order valence-electron chi connectivity index (χ2n) is 7.28. The monoisotopic (exact) mass is 432 g/mol. The molecule has 0 unspecified atom stereocenters. The van der Waals surface area contributed by atoms with E-state index in [1.54, 1.807) is 26.4 Å². The summed E-state index contributed by atoms with van der Waals surface area (Å²) in [5, 5.41) is 1.58. The average Bonchev–Trinajstić information content (AvgIpc) is 2.83. The van der Waals surface area contributed by atoms with Gasteiger partial charge in [0.1, 0.15) is 0 Å². The Morgan fingerprint density at radius 1 is 0.875 bits per heavy atom. The number of ether oxygens (including phenoxy) is 2. The maximum Gasteiger partial charge on any atom is 0.270 e. The van der Waals surface area contributed by atoms with Gasteiger partial charge in [-0.3, -0.25) is 20.4 Å². The van der Waals surface area contributed by atoms with Gasteiger partial charge in [0.05, 0.1) is 0 Å². The molecule has 0 aliphatic heterocycles. The lowest BCUT2D eigenvalue weighted by molar-refractivity contribution is -0.117. The third kappa shape index (κ3) is 5.41. The average molecular weight is 433 g/mol. The van der Waals surface area contributed by atoms with Crippen LogP contribution in [0.1, 0.15) is 47.5 Å². The standard InChI is InChI=1S/C26H28N2O4/c1-4-10-19(18-11-6-5-7-12-18)17-24(29)27-28-25(30)22-15-16-23(26(31-2)32-3)21-14-9-8-13-20(21)22/h5-9,11-17,26H,4,10H2,1-3H3,(H,27,29)(H,28,30)/b19-17+. The maximum atomic E-state index is 12.9. The Hall–Kier alpha value is -3.48. The van der Waals surface area contributed by atoms with Crippen molar-refractivity contribution in [1.29, 1.82) is 0 Å². The van der Waals surface area contributed by atoms with Crippen LogP contribution in [0.15, 0.2) is 72.8 Å². The van der Waals surface area contributed by atoms with Crippen molar-refractivity contribution in [3.05, 3.63) is 89.5 Å². The third-order valence-electron chi connectivity index (χ3n) is 5.15. The highest BCUT2D eigenvalue weighted by atomic mass is 16.7. The van der Waals surface area contributed by atoms with E-state index in [-0.39, 0.29) is 5.91 Å². The normalized spacial score (nSPS) is 11.6. The van der Waals surface area contributed by atoms with Gasteiger partial charge in [0, 0.05) is 31.4 Å². The topological polar surface area (TPSA) is 76.7 Å². The smallest absolute Gasteiger partial charge is 0.270 e. The van der Waals surface area contributed by atoms with Gasteiger partial charge in [0.2, 0.25) is 0 Å². The number of nitrogens with one attached hydrogen (secondary N) is 2. The molecule has 3 rings (SSSR count). The lowest BCUT2D eigenvalue weighted by Gasteiger charge is -2.17. The molecule has 0 heterocycles. The molecule has 0 radical (unpaired) electrons. The molecule has 2 N–H and O–H groups in total. The number of benzene rings is 3. The first-order valence-electron chi connectivity index (χ1n) is 10.5. The minimum atomic E-state index is -0.545. The Bertz CT molecular complexity index is 1110. The summed E-state index contributed by atoms with van der Waals surface area (Å²) in [6.07, 6.45) is 2.65. The van der Waals surface area contributed by atoms with Gasteiger partial charge in [-0.2, -0.15) is 0 Å². The van der Waals surface area contributed by atoms with Crippen molar-refractivity contribution in [1.82, 2.24) is 10.9 Å². The molecular weight excluding hydrogens is 404 g/mol. The number of rotatable bonds is 8. The summed E-state index contributed by atoms with van der Waals surface area (Å²) in [4.78, 5) is 25.3. The van der Waals surface area contributed by atoms with Crippen molar-refractivity contribution in [3.63, 3.8) is 0 Å². The summed E-state index contributed by atoms with van der Waals surface area (Å²) < 4.78 is 10.8. The van der Waals surface area contributed by atoms with Crippen LogP contribution in [0.2, 0.25) is 0 Å². The second-order valence-corrected chi connectivity index (χ2v) is 7.28. The van der Waals surface area contributed by atoms with E-state index in [4.69, 9.17) is 9.47 Å². The number of hydrogen-bond donors (Lipinski definition) is 2. The number of hydrogen-bond acceptors (Lipinski definition) is 4. The van der Waals surface area contributed by atoms with Gasteiger partial charge < -0.3 is 9.47 Å². The molecule has 0 aliphatic rings. The minimum absolute atomic E-state index is 0.384. The molecule has 0 saturated heterocycles. The molecule has 6 nitrogen and oxygen atoms in total. The predicted octanol–water partition coefficient (Wildman–Crippen LogP) is 4.78. The number of methoxy groups -OCH3 is 2. The minimum Gasteiger partial charge on any atom is -0.352 e.